The number of pyridine rings is 1. The lowest BCUT2D eigenvalue weighted by Crippen LogP contribution is -2.41. The van der Waals surface area contributed by atoms with Gasteiger partial charge in [0.25, 0.3) is 0 Å². The molecule has 0 saturated heterocycles. The number of hydrogen-bond acceptors (Lipinski definition) is 7. The van der Waals surface area contributed by atoms with Crippen LogP contribution in [0, 0.1) is 11.6 Å². The molecule has 1 aromatic carbocycles. The number of hydrogen-bond donors (Lipinski definition) is 2. The fourth-order valence-electron chi connectivity index (χ4n) is 2.78. The van der Waals surface area contributed by atoms with Crippen LogP contribution in [-0.2, 0) is 17.9 Å². The van der Waals surface area contributed by atoms with Crippen molar-refractivity contribution in [2.24, 2.45) is 0 Å². The standard InChI is InChI=1S/C19H18F2N4O3S2/c1-12(30-29-8-14-3-2-4-17(24-14)18(26)27)19(28,9-25-11-22-10-23-25)15-7-13(20)5-6-16(15)21/h2-7,10-12,28H,8-9H2,1H3,(H,26,27)/t12-,19-/m1/s1. The van der Waals surface area contributed by atoms with Crippen molar-refractivity contribution in [1.82, 2.24) is 19.7 Å². The number of carboxylic acid groups (broad SMARTS) is 1. The summed E-state index contributed by atoms with van der Waals surface area (Å²) in [5, 5.41) is 23.8. The first-order chi connectivity index (χ1) is 14.3. The Morgan fingerprint density at radius 3 is 2.80 bits per heavy atom. The molecule has 0 aliphatic rings. The van der Waals surface area contributed by atoms with E-state index in [4.69, 9.17) is 5.11 Å². The Bertz CT molecular complexity index is 1020. The third-order valence-electron chi connectivity index (χ3n) is 4.38. The van der Waals surface area contributed by atoms with Crippen LogP contribution in [0.25, 0.3) is 0 Å². The number of nitrogens with zero attached hydrogens (tertiary/aromatic N) is 4. The Hall–Kier alpha value is -2.50. The highest BCUT2D eigenvalue weighted by molar-refractivity contribution is 8.76. The van der Waals surface area contributed by atoms with Crippen LogP contribution in [0.5, 0.6) is 0 Å². The number of benzene rings is 1. The molecule has 2 N–H and O–H groups in total. The molecule has 2 aromatic heterocycles. The molecule has 0 aliphatic carbocycles. The number of carbonyl (C=O) groups is 1. The predicted octanol–water partition coefficient (Wildman–Crippen LogP) is 3.51. The van der Waals surface area contributed by atoms with Gasteiger partial charge < -0.3 is 10.2 Å². The average Bonchev–Trinajstić information content (AvgIpc) is 3.22. The lowest BCUT2D eigenvalue weighted by molar-refractivity contribution is 0.0134. The molecule has 0 saturated carbocycles. The fraction of sp³-hybridized carbons (Fsp3) is 0.263. The van der Waals surface area contributed by atoms with E-state index >= 15 is 0 Å². The van der Waals surface area contributed by atoms with Crippen molar-refractivity contribution < 1.29 is 23.8 Å². The summed E-state index contributed by atoms with van der Waals surface area (Å²) in [6.45, 7) is 1.56. The van der Waals surface area contributed by atoms with Crippen molar-refractivity contribution in [3.05, 3.63) is 77.6 Å². The monoisotopic (exact) mass is 452 g/mol. The number of aromatic carboxylic acids is 1. The number of aliphatic hydroxyl groups is 1. The summed E-state index contributed by atoms with van der Waals surface area (Å²) in [6, 6.07) is 7.63. The van der Waals surface area contributed by atoms with Gasteiger partial charge in [0.05, 0.1) is 12.2 Å². The lowest BCUT2D eigenvalue weighted by atomic mass is 9.90. The maximum Gasteiger partial charge on any atom is 0.354 e. The molecule has 0 radical (unpaired) electrons. The van der Waals surface area contributed by atoms with E-state index in [1.165, 1.54) is 45.0 Å². The van der Waals surface area contributed by atoms with Crippen LogP contribution in [0.1, 0.15) is 28.7 Å². The summed E-state index contributed by atoms with van der Waals surface area (Å²) in [7, 11) is 2.57. The number of rotatable bonds is 9. The van der Waals surface area contributed by atoms with Gasteiger partial charge in [-0.3, -0.25) is 0 Å². The van der Waals surface area contributed by atoms with Crippen molar-refractivity contribution in [3.63, 3.8) is 0 Å². The van der Waals surface area contributed by atoms with Gasteiger partial charge >= 0.3 is 5.97 Å². The zero-order valence-electron chi connectivity index (χ0n) is 15.8. The highest BCUT2D eigenvalue weighted by Gasteiger charge is 2.40. The second-order valence-corrected chi connectivity index (χ2v) is 9.17. The number of halogens is 2. The third kappa shape index (κ3) is 5.15. The maximum atomic E-state index is 14.5. The van der Waals surface area contributed by atoms with Crippen molar-refractivity contribution in [2.45, 2.75) is 30.1 Å². The highest BCUT2D eigenvalue weighted by Crippen LogP contribution is 2.41. The van der Waals surface area contributed by atoms with Crippen molar-refractivity contribution >= 4 is 27.6 Å². The van der Waals surface area contributed by atoms with Gasteiger partial charge in [-0.05, 0) is 37.3 Å². The fourth-order valence-corrected chi connectivity index (χ4v) is 5.35. The molecule has 0 bridgehead atoms. The molecule has 0 fully saturated rings. The van der Waals surface area contributed by atoms with Crippen LogP contribution in [0.15, 0.2) is 49.1 Å². The first-order valence-electron chi connectivity index (χ1n) is 8.77. The summed E-state index contributed by atoms with van der Waals surface area (Å²) in [6.07, 6.45) is 2.67. The normalized spacial score (nSPS) is 14.3. The molecule has 30 heavy (non-hydrogen) atoms. The minimum absolute atomic E-state index is 0.0596. The minimum atomic E-state index is -1.78. The highest BCUT2D eigenvalue weighted by atomic mass is 33.1. The summed E-state index contributed by atoms with van der Waals surface area (Å²) < 4.78 is 29.7. The zero-order chi connectivity index (χ0) is 21.7. The molecule has 2 atom stereocenters. The third-order valence-corrected chi connectivity index (χ3v) is 7.24. The van der Waals surface area contributed by atoms with E-state index in [0.717, 1.165) is 18.2 Å². The quantitative estimate of drug-likeness (QED) is 0.476. The summed E-state index contributed by atoms with van der Waals surface area (Å²) in [5.74, 6) is -2.15. The van der Waals surface area contributed by atoms with Crippen LogP contribution in [0.4, 0.5) is 8.78 Å². The predicted molar refractivity (Wildman–Crippen MR) is 110 cm³/mol. The second-order valence-electron chi connectivity index (χ2n) is 6.46. The summed E-state index contributed by atoms with van der Waals surface area (Å²) >= 11 is 0. The Morgan fingerprint density at radius 2 is 2.10 bits per heavy atom. The molecule has 7 nitrogen and oxygen atoms in total. The van der Waals surface area contributed by atoms with E-state index in [1.807, 2.05) is 0 Å². The first-order valence-corrected chi connectivity index (χ1v) is 11.2. The largest absolute Gasteiger partial charge is 0.477 e. The van der Waals surface area contributed by atoms with Crippen LogP contribution in [0.2, 0.25) is 0 Å². The van der Waals surface area contributed by atoms with Gasteiger partial charge in [-0.2, -0.15) is 5.10 Å². The summed E-state index contributed by atoms with van der Waals surface area (Å²) in [4.78, 5) is 18.9. The molecule has 0 unspecified atom stereocenters. The molecule has 0 aliphatic heterocycles. The molecule has 3 rings (SSSR count). The molecular formula is C19H18F2N4O3S2. The van der Waals surface area contributed by atoms with Crippen molar-refractivity contribution in [1.29, 1.82) is 0 Å². The topological polar surface area (TPSA) is 101 Å². The molecule has 158 valence electrons. The van der Waals surface area contributed by atoms with E-state index in [2.05, 4.69) is 15.1 Å². The van der Waals surface area contributed by atoms with Gasteiger partial charge in [0, 0.05) is 16.6 Å². The van der Waals surface area contributed by atoms with E-state index in [0.29, 0.717) is 11.4 Å². The lowest BCUT2D eigenvalue weighted by Gasteiger charge is -2.34. The second kappa shape index (κ2) is 9.54. The minimum Gasteiger partial charge on any atom is -0.477 e. The average molecular weight is 453 g/mol. The van der Waals surface area contributed by atoms with Crippen LogP contribution < -0.4 is 0 Å². The van der Waals surface area contributed by atoms with Crippen LogP contribution >= 0.6 is 21.6 Å². The zero-order valence-corrected chi connectivity index (χ0v) is 17.4. The summed E-state index contributed by atoms with van der Waals surface area (Å²) in [5.41, 5.74) is -1.47. The van der Waals surface area contributed by atoms with Gasteiger partial charge in [-0.25, -0.2) is 28.2 Å². The molecular weight excluding hydrogens is 434 g/mol. The first kappa shape index (κ1) is 22.2. The Balaban J connectivity index is 1.78. The molecule has 11 heteroatoms. The molecule has 0 spiro atoms. The van der Waals surface area contributed by atoms with Crippen LogP contribution in [-0.4, -0.2) is 41.2 Å². The van der Waals surface area contributed by atoms with Gasteiger partial charge in [-0.15, -0.1) is 0 Å². The van der Waals surface area contributed by atoms with Gasteiger partial charge in [0.1, 0.15) is 35.6 Å². The smallest absolute Gasteiger partial charge is 0.354 e. The number of carboxylic acids is 1. The van der Waals surface area contributed by atoms with E-state index in [9.17, 15) is 18.7 Å². The van der Waals surface area contributed by atoms with E-state index < -0.39 is 28.5 Å². The Morgan fingerprint density at radius 1 is 1.30 bits per heavy atom. The van der Waals surface area contributed by atoms with Crippen molar-refractivity contribution in [2.75, 3.05) is 0 Å². The Kier molecular flexibility index (Phi) is 7.06. The van der Waals surface area contributed by atoms with Gasteiger partial charge in [0.15, 0.2) is 0 Å². The Labute approximate surface area is 179 Å². The molecule has 0 amide bonds. The molecule has 2 heterocycles. The molecule has 3 aromatic rings. The number of aromatic nitrogens is 4. The van der Waals surface area contributed by atoms with Gasteiger partial charge in [-0.1, -0.05) is 27.7 Å². The van der Waals surface area contributed by atoms with E-state index in [-0.39, 0.29) is 17.8 Å². The SMILES string of the molecule is C[C@@H](SSCc1cccc(C(=O)O)n1)[C@](O)(Cn1cncn1)c1cc(F)ccc1F. The van der Waals surface area contributed by atoms with Crippen molar-refractivity contribution in [3.8, 4) is 0 Å². The maximum absolute atomic E-state index is 14.5. The van der Waals surface area contributed by atoms with E-state index in [1.54, 1.807) is 19.1 Å². The van der Waals surface area contributed by atoms with Gasteiger partial charge in [0.2, 0.25) is 0 Å². The van der Waals surface area contributed by atoms with Crippen LogP contribution in [0.3, 0.4) is 0 Å².